The Balaban J connectivity index is 0.00000161. The van der Waals surface area contributed by atoms with Gasteiger partial charge in [0.1, 0.15) is 5.82 Å². The second kappa shape index (κ2) is 7.98. The van der Waals surface area contributed by atoms with Gasteiger partial charge in [-0.1, -0.05) is 0 Å². The van der Waals surface area contributed by atoms with Gasteiger partial charge in [-0.05, 0) is 50.5 Å². The van der Waals surface area contributed by atoms with Crippen molar-refractivity contribution in [2.24, 2.45) is 5.92 Å². The predicted octanol–water partition coefficient (Wildman–Crippen LogP) is 1.64. The van der Waals surface area contributed by atoms with Crippen molar-refractivity contribution in [3.8, 4) is 0 Å². The summed E-state index contributed by atoms with van der Waals surface area (Å²) in [4.78, 5) is 16.9. The highest BCUT2D eigenvalue weighted by Gasteiger charge is 2.17. The Morgan fingerprint density at radius 3 is 2.95 bits per heavy atom. The van der Waals surface area contributed by atoms with Crippen LogP contribution in [-0.2, 0) is 11.3 Å². The third kappa shape index (κ3) is 4.57. The summed E-state index contributed by atoms with van der Waals surface area (Å²) in [6.45, 7) is 4.07. The fourth-order valence-corrected chi connectivity index (χ4v) is 3.35. The van der Waals surface area contributed by atoms with Crippen LogP contribution in [-0.4, -0.2) is 36.3 Å². The molecule has 0 spiro atoms. The molecule has 0 unspecified atom stereocenters. The fourth-order valence-electron chi connectivity index (χ4n) is 2.59. The van der Waals surface area contributed by atoms with Crippen LogP contribution in [0.2, 0.25) is 0 Å². The molecule has 3 heterocycles. The quantitative estimate of drug-likeness (QED) is 0.784. The minimum atomic E-state index is 0. The van der Waals surface area contributed by atoms with Gasteiger partial charge >= 0.3 is 0 Å². The van der Waals surface area contributed by atoms with E-state index in [0.717, 1.165) is 42.7 Å². The zero-order chi connectivity index (χ0) is 13.8. The summed E-state index contributed by atoms with van der Waals surface area (Å²) >= 11 is 1.55. The van der Waals surface area contributed by atoms with Crippen LogP contribution >= 0.6 is 24.2 Å². The van der Waals surface area contributed by atoms with E-state index in [4.69, 9.17) is 0 Å². The Labute approximate surface area is 135 Å². The number of anilines is 1. The lowest BCUT2D eigenvalue weighted by atomic mass is 9.98. The Hall–Kier alpha value is -0.820. The Bertz CT molecular complexity index is 494. The maximum Gasteiger partial charge on any atom is 0.235 e. The summed E-state index contributed by atoms with van der Waals surface area (Å²) in [5.74, 6) is 2.01. The SMILES string of the molecule is Cl.O=C1CSc2ccc(CNCC3CCNCC3)nc2N1. The second-order valence-electron chi connectivity index (χ2n) is 5.31. The summed E-state index contributed by atoms with van der Waals surface area (Å²) in [6, 6.07) is 4.09. The first-order valence-corrected chi connectivity index (χ1v) is 8.14. The van der Waals surface area contributed by atoms with E-state index in [1.807, 2.05) is 12.1 Å². The van der Waals surface area contributed by atoms with Gasteiger partial charge in [-0.25, -0.2) is 4.98 Å². The van der Waals surface area contributed by atoms with Gasteiger partial charge in [-0.3, -0.25) is 4.79 Å². The number of rotatable bonds is 4. The van der Waals surface area contributed by atoms with E-state index in [1.165, 1.54) is 12.8 Å². The van der Waals surface area contributed by atoms with E-state index in [1.54, 1.807) is 11.8 Å². The number of carbonyl (C=O) groups is 1. The molecule has 1 aromatic heterocycles. The highest BCUT2D eigenvalue weighted by Crippen LogP contribution is 2.29. The molecule has 1 saturated heterocycles. The van der Waals surface area contributed by atoms with Gasteiger partial charge in [0.2, 0.25) is 5.91 Å². The van der Waals surface area contributed by atoms with Crippen molar-refractivity contribution in [3.63, 3.8) is 0 Å². The van der Waals surface area contributed by atoms with Crippen molar-refractivity contribution < 1.29 is 4.79 Å². The van der Waals surface area contributed by atoms with Gasteiger partial charge in [0, 0.05) is 6.54 Å². The number of hydrogen-bond acceptors (Lipinski definition) is 5. The lowest BCUT2D eigenvalue weighted by Gasteiger charge is -2.23. The van der Waals surface area contributed by atoms with Crippen LogP contribution in [0.5, 0.6) is 0 Å². The third-order valence-electron chi connectivity index (χ3n) is 3.73. The molecule has 0 bridgehead atoms. The highest BCUT2D eigenvalue weighted by molar-refractivity contribution is 8.00. The van der Waals surface area contributed by atoms with Crippen LogP contribution in [0.1, 0.15) is 18.5 Å². The van der Waals surface area contributed by atoms with Gasteiger partial charge < -0.3 is 16.0 Å². The zero-order valence-electron chi connectivity index (χ0n) is 11.9. The minimum absolute atomic E-state index is 0. The molecule has 2 aliphatic rings. The molecule has 3 N–H and O–H groups in total. The minimum Gasteiger partial charge on any atom is -0.317 e. The molecule has 5 nitrogen and oxygen atoms in total. The largest absolute Gasteiger partial charge is 0.317 e. The normalized spacial score (nSPS) is 18.6. The molecule has 7 heteroatoms. The molecule has 0 atom stereocenters. The number of nitrogens with one attached hydrogen (secondary N) is 3. The van der Waals surface area contributed by atoms with E-state index < -0.39 is 0 Å². The van der Waals surface area contributed by atoms with Crippen molar-refractivity contribution in [1.29, 1.82) is 0 Å². The number of piperidine rings is 1. The lowest BCUT2D eigenvalue weighted by Crippen LogP contribution is -2.33. The first-order chi connectivity index (χ1) is 9.81. The van der Waals surface area contributed by atoms with Gasteiger partial charge in [-0.15, -0.1) is 24.2 Å². The molecular formula is C14H21ClN4OS. The fraction of sp³-hybridized carbons (Fsp3) is 0.571. The number of aromatic nitrogens is 1. The maximum atomic E-state index is 11.4. The number of halogens is 1. The van der Waals surface area contributed by atoms with E-state index in [2.05, 4.69) is 20.9 Å². The number of pyridine rings is 1. The van der Waals surface area contributed by atoms with Crippen LogP contribution in [0.15, 0.2) is 17.0 Å². The molecule has 1 amide bonds. The summed E-state index contributed by atoms with van der Waals surface area (Å²) in [7, 11) is 0. The van der Waals surface area contributed by atoms with Crippen molar-refractivity contribution >= 4 is 35.9 Å². The number of fused-ring (bicyclic) bond motifs is 1. The van der Waals surface area contributed by atoms with Crippen molar-refractivity contribution in [2.75, 3.05) is 30.7 Å². The Morgan fingerprint density at radius 2 is 2.14 bits per heavy atom. The molecule has 0 radical (unpaired) electrons. The molecule has 21 heavy (non-hydrogen) atoms. The van der Waals surface area contributed by atoms with Crippen molar-refractivity contribution in [3.05, 3.63) is 17.8 Å². The monoisotopic (exact) mass is 328 g/mol. The van der Waals surface area contributed by atoms with Crippen molar-refractivity contribution in [1.82, 2.24) is 15.6 Å². The predicted molar refractivity (Wildman–Crippen MR) is 88.1 cm³/mol. The summed E-state index contributed by atoms with van der Waals surface area (Å²) in [5, 5.41) is 9.69. The summed E-state index contributed by atoms with van der Waals surface area (Å²) in [5.41, 5.74) is 0.987. The average molecular weight is 329 g/mol. The van der Waals surface area contributed by atoms with Crippen LogP contribution in [0.25, 0.3) is 0 Å². The first kappa shape index (κ1) is 16.5. The topological polar surface area (TPSA) is 66.0 Å². The summed E-state index contributed by atoms with van der Waals surface area (Å²) < 4.78 is 0. The average Bonchev–Trinajstić information content (AvgIpc) is 2.48. The molecule has 0 aliphatic carbocycles. The molecule has 116 valence electrons. The summed E-state index contributed by atoms with van der Waals surface area (Å²) in [6.07, 6.45) is 2.49. The van der Waals surface area contributed by atoms with Gasteiger partial charge in [0.25, 0.3) is 0 Å². The van der Waals surface area contributed by atoms with Crippen molar-refractivity contribution in [2.45, 2.75) is 24.3 Å². The number of hydrogen-bond donors (Lipinski definition) is 3. The number of carbonyl (C=O) groups excluding carboxylic acids is 1. The van der Waals surface area contributed by atoms with E-state index in [9.17, 15) is 4.79 Å². The smallest absolute Gasteiger partial charge is 0.235 e. The van der Waals surface area contributed by atoms with E-state index in [0.29, 0.717) is 11.6 Å². The Morgan fingerprint density at radius 1 is 1.33 bits per heavy atom. The number of thioether (sulfide) groups is 1. The molecular weight excluding hydrogens is 308 g/mol. The van der Waals surface area contributed by atoms with Gasteiger partial charge in [0.05, 0.1) is 16.3 Å². The Kier molecular flexibility index (Phi) is 6.29. The van der Waals surface area contributed by atoms with Crippen LogP contribution in [0, 0.1) is 5.92 Å². The number of amides is 1. The van der Waals surface area contributed by atoms with Crippen LogP contribution in [0.4, 0.5) is 5.82 Å². The van der Waals surface area contributed by atoms with E-state index in [-0.39, 0.29) is 18.3 Å². The molecule has 0 saturated carbocycles. The zero-order valence-corrected chi connectivity index (χ0v) is 13.5. The van der Waals surface area contributed by atoms with Gasteiger partial charge in [-0.2, -0.15) is 0 Å². The lowest BCUT2D eigenvalue weighted by molar-refractivity contribution is -0.113. The van der Waals surface area contributed by atoms with Gasteiger partial charge in [0.15, 0.2) is 0 Å². The highest BCUT2D eigenvalue weighted by atomic mass is 35.5. The molecule has 1 aromatic rings. The second-order valence-corrected chi connectivity index (χ2v) is 6.33. The van der Waals surface area contributed by atoms with Crippen LogP contribution < -0.4 is 16.0 Å². The molecule has 3 rings (SSSR count). The third-order valence-corrected chi connectivity index (χ3v) is 4.78. The first-order valence-electron chi connectivity index (χ1n) is 7.15. The maximum absolute atomic E-state index is 11.4. The number of nitrogens with zero attached hydrogens (tertiary/aromatic N) is 1. The molecule has 1 fully saturated rings. The van der Waals surface area contributed by atoms with Crippen LogP contribution in [0.3, 0.4) is 0 Å². The standard InChI is InChI=1S/C14H20N4OS.ClH/c19-13-9-20-12-2-1-11(17-14(12)18-13)8-16-7-10-3-5-15-6-4-10;/h1-2,10,15-16H,3-9H2,(H,17,18,19);1H. The molecule has 2 aliphatic heterocycles. The molecule has 0 aromatic carbocycles. The van der Waals surface area contributed by atoms with E-state index >= 15 is 0 Å².